The van der Waals surface area contributed by atoms with Gasteiger partial charge >= 0.3 is 0 Å². The van der Waals surface area contributed by atoms with Crippen molar-refractivity contribution in [1.82, 2.24) is 0 Å². The van der Waals surface area contributed by atoms with Crippen molar-refractivity contribution < 1.29 is 0 Å². The molecule has 0 radical (unpaired) electrons. The van der Waals surface area contributed by atoms with Crippen LogP contribution >= 0.6 is 0 Å². The summed E-state index contributed by atoms with van der Waals surface area (Å²) in [4.78, 5) is 2.49. The second-order valence-electron chi connectivity index (χ2n) is 5.44. The minimum atomic E-state index is 0.501. The first-order chi connectivity index (χ1) is 9.86. The van der Waals surface area contributed by atoms with E-state index in [0.717, 1.165) is 12.8 Å². The van der Waals surface area contributed by atoms with E-state index in [-0.39, 0.29) is 0 Å². The highest BCUT2D eigenvalue weighted by Gasteiger charge is 2.19. The molecule has 1 atom stereocenters. The first kappa shape index (κ1) is 13.0. The topological polar surface area (TPSA) is 3.24 Å². The van der Waals surface area contributed by atoms with Gasteiger partial charge in [-0.2, -0.15) is 0 Å². The van der Waals surface area contributed by atoms with E-state index in [1.54, 1.807) is 0 Å². The van der Waals surface area contributed by atoms with E-state index in [1.165, 1.54) is 23.4 Å². The predicted molar refractivity (Wildman–Crippen MR) is 86.6 cm³/mol. The van der Waals surface area contributed by atoms with Gasteiger partial charge in [0.2, 0.25) is 0 Å². The molecule has 0 saturated carbocycles. The summed E-state index contributed by atoms with van der Waals surface area (Å²) in [6, 6.07) is 20.0. The lowest BCUT2D eigenvalue weighted by atomic mass is 10.1. The van der Waals surface area contributed by atoms with Gasteiger partial charge in [-0.05, 0) is 49.9 Å². The Bertz CT molecular complexity index is 586. The molecule has 0 bridgehead atoms. The Morgan fingerprint density at radius 1 is 0.900 bits per heavy atom. The molecule has 1 nitrogen and oxygen atoms in total. The molecule has 3 rings (SSSR count). The quantitative estimate of drug-likeness (QED) is 0.646. The zero-order valence-corrected chi connectivity index (χ0v) is 12.0. The first-order valence-electron chi connectivity index (χ1n) is 7.43. The summed E-state index contributed by atoms with van der Waals surface area (Å²) in [6.45, 7) is 2.32. The Morgan fingerprint density at radius 3 is 2.50 bits per heavy atom. The molecule has 1 heterocycles. The molecule has 0 aromatic heterocycles. The second kappa shape index (κ2) is 5.96. The van der Waals surface area contributed by atoms with Gasteiger partial charge in [0.15, 0.2) is 0 Å². The molecule has 0 spiro atoms. The lowest BCUT2D eigenvalue weighted by Gasteiger charge is -2.32. The van der Waals surface area contributed by atoms with Gasteiger partial charge in [-0.15, -0.1) is 0 Å². The maximum Gasteiger partial charge on any atom is 0.0448 e. The number of hydrogen-bond donors (Lipinski definition) is 0. The summed E-state index contributed by atoms with van der Waals surface area (Å²) in [5, 5.41) is 0. The summed E-state index contributed by atoms with van der Waals surface area (Å²) in [6.07, 6.45) is 7.98. The van der Waals surface area contributed by atoms with Crippen LogP contribution < -0.4 is 4.90 Å². The van der Waals surface area contributed by atoms with Crippen molar-refractivity contribution >= 4 is 11.4 Å². The maximum absolute atomic E-state index is 2.49. The van der Waals surface area contributed by atoms with Gasteiger partial charge in [-0.3, -0.25) is 0 Å². The molecule has 0 aliphatic carbocycles. The number of rotatable bonds is 1. The van der Waals surface area contributed by atoms with Crippen LogP contribution in [-0.4, -0.2) is 6.04 Å². The third-order valence-electron chi connectivity index (χ3n) is 3.98. The molecule has 0 fully saturated rings. The smallest absolute Gasteiger partial charge is 0.0448 e. The van der Waals surface area contributed by atoms with E-state index in [0.29, 0.717) is 6.04 Å². The van der Waals surface area contributed by atoms with Crippen LogP contribution in [0.5, 0.6) is 0 Å². The molecule has 1 aliphatic rings. The van der Waals surface area contributed by atoms with E-state index in [9.17, 15) is 0 Å². The van der Waals surface area contributed by atoms with Gasteiger partial charge in [0.05, 0.1) is 0 Å². The fourth-order valence-corrected chi connectivity index (χ4v) is 2.93. The Morgan fingerprint density at radius 2 is 1.65 bits per heavy atom. The molecule has 1 aliphatic heterocycles. The number of benzene rings is 2. The molecule has 1 unspecified atom stereocenters. The number of nitrogens with zero attached hydrogens (tertiary/aromatic N) is 1. The average molecular weight is 263 g/mol. The van der Waals surface area contributed by atoms with E-state index >= 15 is 0 Å². The summed E-state index contributed by atoms with van der Waals surface area (Å²) < 4.78 is 0. The van der Waals surface area contributed by atoms with Gasteiger partial charge in [0.1, 0.15) is 0 Å². The largest absolute Gasteiger partial charge is 0.338 e. The fourth-order valence-electron chi connectivity index (χ4n) is 2.93. The normalized spacial score (nSPS) is 20.4. The minimum absolute atomic E-state index is 0.501. The van der Waals surface area contributed by atoms with Gasteiger partial charge in [-0.25, -0.2) is 0 Å². The second-order valence-corrected chi connectivity index (χ2v) is 5.44. The lowest BCUT2D eigenvalue weighted by molar-refractivity contribution is 0.655. The SMILES string of the molecule is CC1CC/C=C\Cc2ccccc2N1c1ccccc1. The van der Waals surface area contributed by atoms with Crippen LogP contribution in [0.2, 0.25) is 0 Å². The van der Waals surface area contributed by atoms with E-state index in [2.05, 4.69) is 78.6 Å². The van der Waals surface area contributed by atoms with Gasteiger partial charge in [-0.1, -0.05) is 48.6 Å². The van der Waals surface area contributed by atoms with Crippen molar-refractivity contribution in [1.29, 1.82) is 0 Å². The predicted octanol–water partition coefficient (Wildman–Crippen LogP) is 5.11. The van der Waals surface area contributed by atoms with Crippen molar-refractivity contribution in [3.63, 3.8) is 0 Å². The Kier molecular flexibility index (Phi) is 3.87. The van der Waals surface area contributed by atoms with E-state index in [1.807, 2.05) is 0 Å². The van der Waals surface area contributed by atoms with Crippen molar-refractivity contribution in [2.24, 2.45) is 0 Å². The molecular formula is C19H21N. The highest BCUT2D eigenvalue weighted by atomic mass is 15.2. The monoisotopic (exact) mass is 263 g/mol. The van der Waals surface area contributed by atoms with E-state index < -0.39 is 0 Å². The van der Waals surface area contributed by atoms with Crippen LogP contribution in [0.3, 0.4) is 0 Å². The van der Waals surface area contributed by atoms with E-state index in [4.69, 9.17) is 0 Å². The molecule has 102 valence electrons. The number of para-hydroxylation sites is 2. The highest BCUT2D eigenvalue weighted by Crippen LogP contribution is 2.33. The minimum Gasteiger partial charge on any atom is -0.338 e. The molecular weight excluding hydrogens is 242 g/mol. The summed E-state index contributed by atoms with van der Waals surface area (Å²) >= 11 is 0. The van der Waals surface area contributed by atoms with Crippen molar-refractivity contribution in [3.05, 3.63) is 72.3 Å². The van der Waals surface area contributed by atoms with Gasteiger partial charge in [0, 0.05) is 17.4 Å². The van der Waals surface area contributed by atoms with Crippen LogP contribution in [0.4, 0.5) is 11.4 Å². The lowest BCUT2D eigenvalue weighted by Crippen LogP contribution is -2.28. The van der Waals surface area contributed by atoms with Crippen LogP contribution in [0.1, 0.15) is 25.3 Å². The number of hydrogen-bond acceptors (Lipinski definition) is 1. The van der Waals surface area contributed by atoms with Crippen molar-refractivity contribution in [2.45, 2.75) is 32.2 Å². The van der Waals surface area contributed by atoms with Gasteiger partial charge < -0.3 is 4.90 Å². The molecule has 0 N–H and O–H groups in total. The Labute approximate surface area is 121 Å². The number of allylic oxidation sites excluding steroid dienone is 2. The summed E-state index contributed by atoms with van der Waals surface area (Å²) in [5.41, 5.74) is 4.04. The Balaban J connectivity index is 2.10. The molecule has 20 heavy (non-hydrogen) atoms. The third-order valence-corrected chi connectivity index (χ3v) is 3.98. The fraction of sp³-hybridized carbons (Fsp3) is 0.263. The van der Waals surface area contributed by atoms with Crippen molar-refractivity contribution in [3.8, 4) is 0 Å². The van der Waals surface area contributed by atoms with Gasteiger partial charge in [0.25, 0.3) is 0 Å². The summed E-state index contributed by atoms with van der Waals surface area (Å²) in [7, 11) is 0. The van der Waals surface area contributed by atoms with Crippen LogP contribution in [0, 0.1) is 0 Å². The zero-order chi connectivity index (χ0) is 13.8. The molecule has 2 aromatic carbocycles. The maximum atomic E-state index is 2.49. The molecule has 0 saturated heterocycles. The first-order valence-corrected chi connectivity index (χ1v) is 7.43. The van der Waals surface area contributed by atoms with Crippen LogP contribution in [0.15, 0.2) is 66.7 Å². The molecule has 1 heteroatoms. The number of anilines is 2. The third kappa shape index (κ3) is 2.62. The number of fused-ring (bicyclic) bond motifs is 1. The Hall–Kier alpha value is -2.02. The summed E-state index contributed by atoms with van der Waals surface area (Å²) in [5.74, 6) is 0. The molecule has 2 aromatic rings. The zero-order valence-electron chi connectivity index (χ0n) is 12.0. The molecule has 0 amide bonds. The van der Waals surface area contributed by atoms with Crippen molar-refractivity contribution in [2.75, 3.05) is 4.90 Å². The highest BCUT2D eigenvalue weighted by molar-refractivity contribution is 5.67. The van der Waals surface area contributed by atoms with Crippen LogP contribution in [-0.2, 0) is 6.42 Å². The van der Waals surface area contributed by atoms with Crippen LogP contribution in [0.25, 0.3) is 0 Å². The average Bonchev–Trinajstić information content (AvgIpc) is 2.57. The standard InChI is InChI=1S/C19H21N/c1-16-10-4-2-5-11-17-12-8-9-15-19(17)20(16)18-13-6-3-7-14-18/h2-3,5-9,12-16H,4,10-11H2,1H3/b5-2-.